The zero-order valence-electron chi connectivity index (χ0n) is 11.3. The van der Waals surface area contributed by atoms with Crippen LogP contribution in [0.2, 0.25) is 0 Å². The van der Waals surface area contributed by atoms with Crippen molar-refractivity contribution in [1.82, 2.24) is 10.6 Å². The van der Waals surface area contributed by atoms with Crippen molar-refractivity contribution in [3.8, 4) is 0 Å². The standard InChI is InChI=1S/C13H26N2O2/c1-10(2)4-5-11(3)15-13(16)8-12-9-14-6-7-17-12/h10-12,14H,4-9H2,1-3H3,(H,15,16). The first-order valence-electron chi connectivity index (χ1n) is 6.69. The van der Waals surface area contributed by atoms with E-state index in [1.807, 2.05) is 0 Å². The third-order valence-electron chi connectivity index (χ3n) is 3.00. The first kappa shape index (κ1) is 14.5. The van der Waals surface area contributed by atoms with E-state index in [1.54, 1.807) is 0 Å². The Morgan fingerprint density at radius 2 is 2.18 bits per heavy atom. The largest absolute Gasteiger partial charge is 0.375 e. The highest BCUT2D eigenvalue weighted by Gasteiger charge is 2.18. The fraction of sp³-hybridized carbons (Fsp3) is 0.923. The SMILES string of the molecule is CC(C)CCC(C)NC(=O)CC1CNCCO1. The maximum Gasteiger partial charge on any atom is 0.222 e. The Morgan fingerprint density at radius 3 is 2.76 bits per heavy atom. The molecule has 0 aromatic heterocycles. The van der Waals surface area contributed by atoms with Crippen LogP contribution in [0.15, 0.2) is 0 Å². The van der Waals surface area contributed by atoms with Crippen molar-refractivity contribution >= 4 is 5.91 Å². The highest BCUT2D eigenvalue weighted by molar-refractivity contribution is 5.76. The molecule has 1 fully saturated rings. The zero-order chi connectivity index (χ0) is 12.7. The molecule has 1 aliphatic rings. The molecule has 1 aliphatic heterocycles. The molecule has 0 saturated carbocycles. The van der Waals surface area contributed by atoms with E-state index in [2.05, 4.69) is 31.4 Å². The predicted molar refractivity (Wildman–Crippen MR) is 68.9 cm³/mol. The highest BCUT2D eigenvalue weighted by atomic mass is 16.5. The predicted octanol–water partition coefficient (Wildman–Crippen LogP) is 1.31. The number of hydrogen-bond acceptors (Lipinski definition) is 3. The van der Waals surface area contributed by atoms with E-state index in [1.165, 1.54) is 0 Å². The molecule has 0 radical (unpaired) electrons. The van der Waals surface area contributed by atoms with Crippen LogP contribution in [0.3, 0.4) is 0 Å². The van der Waals surface area contributed by atoms with E-state index < -0.39 is 0 Å². The summed E-state index contributed by atoms with van der Waals surface area (Å²) < 4.78 is 5.51. The average molecular weight is 242 g/mol. The molecule has 1 heterocycles. The molecule has 4 heteroatoms. The van der Waals surface area contributed by atoms with Crippen LogP contribution in [0.4, 0.5) is 0 Å². The number of carbonyl (C=O) groups is 1. The van der Waals surface area contributed by atoms with Gasteiger partial charge in [0.15, 0.2) is 0 Å². The lowest BCUT2D eigenvalue weighted by atomic mass is 10.0. The van der Waals surface area contributed by atoms with Crippen LogP contribution in [-0.4, -0.2) is 37.7 Å². The molecular weight excluding hydrogens is 216 g/mol. The van der Waals surface area contributed by atoms with E-state index in [0.717, 1.165) is 25.9 Å². The monoisotopic (exact) mass is 242 g/mol. The van der Waals surface area contributed by atoms with Gasteiger partial charge in [-0.1, -0.05) is 13.8 Å². The first-order valence-corrected chi connectivity index (χ1v) is 6.69. The Hall–Kier alpha value is -0.610. The lowest BCUT2D eigenvalue weighted by molar-refractivity contribution is -0.125. The van der Waals surface area contributed by atoms with Crippen molar-refractivity contribution < 1.29 is 9.53 Å². The highest BCUT2D eigenvalue weighted by Crippen LogP contribution is 2.07. The van der Waals surface area contributed by atoms with Crippen molar-refractivity contribution in [3.05, 3.63) is 0 Å². The number of rotatable bonds is 6. The topological polar surface area (TPSA) is 50.4 Å². The molecule has 1 saturated heterocycles. The van der Waals surface area contributed by atoms with Crippen LogP contribution in [0.25, 0.3) is 0 Å². The van der Waals surface area contributed by atoms with Crippen LogP contribution in [-0.2, 0) is 9.53 Å². The normalized spacial score (nSPS) is 22.5. The summed E-state index contributed by atoms with van der Waals surface area (Å²) in [7, 11) is 0. The van der Waals surface area contributed by atoms with Gasteiger partial charge < -0.3 is 15.4 Å². The van der Waals surface area contributed by atoms with Gasteiger partial charge in [0, 0.05) is 19.1 Å². The summed E-state index contributed by atoms with van der Waals surface area (Å²) in [5, 5.41) is 6.26. The number of nitrogens with one attached hydrogen (secondary N) is 2. The molecule has 0 bridgehead atoms. The molecule has 1 amide bonds. The van der Waals surface area contributed by atoms with Crippen molar-refractivity contribution in [2.24, 2.45) is 5.92 Å². The van der Waals surface area contributed by atoms with Crippen LogP contribution in [0.1, 0.15) is 40.0 Å². The summed E-state index contributed by atoms with van der Waals surface area (Å²) >= 11 is 0. The Balaban J connectivity index is 2.14. The molecule has 4 nitrogen and oxygen atoms in total. The second-order valence-corrected chi connectivity index (χ2v) is 5.34. The van der Waals surface area contributed by atoms with E-state index in [4.69, 9.17) is 4.74 Å². The summed E-state index contributed by atoms with van der Waals surface area (Å²) in [6, 6.07) is 0.265. The first-order chi connectivity index (χ1) is 8.08. The maximum absolute atomic E-state index is 11.7. The molecule has 0 spiro atoms. The van der Waals surface area contributed by atoms with Gasteiger partial charge in [-0.25, -0.2) is 0 Å². The minimum absolute atomic E-state index is 0.0426. The summed E-state index contributed by atoms with van der Waals surface area (Å²) in [6.07, 6.45) is 2.72. The van der Waals surface area contributed by atoms with E-state index in [9.17, 15) is 4.79 Å². The molecule has 2 N–H and O–H groups in total. The van der Waals surface area contributed by atoms with Gasteiger partial charge in [-0.05, 0) is 25.7 Å². The minimum Gasteiger partial charge on any atom is -0.375 e. The molecule has 1 rings (SSSR count). The molecule has 2 atom stereocenters. The second kappa shape index (κ2) is 7.67. The van der Waals surface area contributed by atoms with Crippen LogP contribution < -0.4 is 10.6 Å². The molecular formula is C13H26N2O2. The van der Waals surface area contributed by atoms with Crippen LogP contribution in [0, 0.1) is 5.92 Å². The Labute approximate surface area is 104 Å². The van der Waals surface area contributed by atoms with Crippen LogP contribution >= 0.6 is 0 Å². The van der Waals surface area contributed by atoms with Gasteiger partial charge in [0.05, 0.1) is 19.1 Å². The fourth-order valence-corrected chi connectivity index (χ4v) is 1.95. The summed E-state index contributed by atoms with van der Waals surface area (Å²) in [5.74, 6) is 0.801. The van der Waals surface area contributed by atoms with Gasteiger partial charge in [-0.15, -0.1) is 0 Å². The van der Waals surface area contributed by atoms with E-state index in [0.29, 0.717) is 18.9 Å². The second-order valence-electron chi connectivity index (χ2n) is 5.34. The van der Waals surface area contributed by atoms with Crippen molar-refractivity contribution in [1.29, 1.82) is 0 Å². The number of amides is 1. The number of ether oxygens (including phenoxy) is 1. The third kappa shape index (κ3) is 6.64. The lowest BCUT2D eigenvalue weighted by Gasteiger charge is -2.24. The van der Waals surface area contributed by atoms with Gasteiger partial charge in [0.25, 0.3) is 0 Å². The van der Waals surface area contributed by atoms with E-state index in [-0.39, 0.29) is 18.1 Å². The van der Waals surface area contributed by atoms with Crippen LogP contribution in [0.5, 0.6) is 0 Å². The molecule has 0 aromatic rings. The maximum atomic E-state index is 11.7. The van der Waals surface area contributed by atoms with Gasteiger partial charge in [-0.2, -0.15) is 0 Å². The minimum atomic E-state index is 0.0426. The zero-order valence-corrected chi connectivity index (χ0v) is 11.3. The average Bonchev–Trinajstić information content (AvgIpc) is 2.27. The van der Waals surface area contributed by atoms with Gasteiger partial charge in [-0.3, -0.25) is 4.79 Å². The summed E-state index contributed by atoms with van der Waals surface area (Å²) in [4.78, 5) is 11.7. The number of carbonyl (C=O) groups excluding carboxylic acids is 1. The molecule has 0 aromatic carbocycles. The Morgan fingerprint density at radius 1 is 1.41 bits per heavy atom. The lowest BCUT2D eigenvalue weighted by Crippen LogP contribution is -2.42. The van der Waals surface area contributed by atoms with Crippen molar-refractivity contribution in [2.75, 3.05) is 19.7 Å². The van der Waals surface area contributed by atoms with Crippen molar-refractivity contribution in [2.45, 2.75) is 52.2 Å². The van der Waals surface area contributed by atoms with E-state index >= 15 is 0 Å². The third-order valence-corrected chi connectivity index (χ3v) is 3.00. The van der Waals surface area contributed by atoms with Crippen molar-refractivity contribution in [3.63, 3.8) is 0 Å². The smallest absolute Gasteiger partial charge is 0.222 e. The Bertz CT molecular complexity index is 225. The fourth-order valence-electron chi connectivity index (χ4n) is 1.95. The summed E-state index contributed by atoms with van der Waals surface area (Å²) in [6.45, 7) is 8.87. The quantitative estimate of drug-likeness (QED) is 0.738. The van der Waals surface area contributed by atoms with Gasteiger partial charge >= 0.3 is 0 Å². The number of hydrogen-bond donors (Lipinski definition) is 2. The number of morpholine rings is 1. The molecule has 2 unspecified atom stereocenters. The Kier molecular flexibility index (Phi) is 6.52. The molecule has 0 aliphatic carbocycles. The molecule has 17 heavy (non-hydrogen) atoms. The van der Waals surface area contributed by atoms with Gasteiger partial charge in [0.2, 0.25) is 5.91 Å². The summed E-state index contributed by atoms with van der Waals surface area (Å²) in [5.41, 5.74) is 0. The van der Waals surface area contributed by atoms with Gasteiger partial charge in [0.1, 0.15) is 0 Å². The molecule has 100 valence electrons.